The number of rotatable bonds is 10. The number of hydrogen-bond donors (Lipinski definition) is 1. The van der Waals surface area contributed by atoms with Gasteiger partial charge in [-0.25, -0.2) is 4.57 Å². The van der Waals surface area contributed by atoms with E-state index in [-0.39, 0.29) is 26.1 Å². The van der Waals surface area contributed by atoms with Gasteiger partial charge in [-0.05, 0) is 27.7 Å². The molecule has 0 spiro atoms. The first kappa shape index (κ1) is 20.1. The Morgan fingerprint density at radius 3 is 1.57 bits per heavy atom. The van der Waals surface area contributed by atoms with E-state index in [0.29, 0.717) is 0 Å². The third kappa shape index (κ3) is 10.4. The zero-order valence-electron chi connectivity index (χ0n) is 12.7. The van der Waals surface area contributed by atoms with Gasteiger partial charge in [0, 0.05) is 0 Å². The lowest BCUT2D eigenvalue weighted by Gasteiger charge is -2.20. The van der Waals surface area contributed by atoms with Crippen LogP contribution in [0, 0.1) is 0 Å². The van der Waals surface area contributed by atoms with E-state index in [1.807, 2.05) is 0 Å². The average molecular weight is 326 g/mol. The number of esters is 2. The van der Waals surface area contributed by atoms with E-state index in [9.17, 15) is 19.0 Å². The molecule has 0 aliphatic rings. The Morgan fingerprint density at radius 1 is 0.952 bits per heavy atom. The van der Waals surface area contributed by atoms with Crippen molar-refractivity contribution in [3.05, 3.63) is 0 Å². The van der Waals surface area contributed by atoms with Gasteiger partial charge < -0.3 is 14.4 Å². The van der Waals surface area contributed by atoms with Crippen LogP contribution >= 0.6 is 7.82 Å². The molecule has 0 radical (unpaired) electrons. The number of phosphoric ester groups is 1. The smallest absolute Gasteiger partial charge is 0.466 e. The molecule has 0 saturated heterocycles. The fourth-order valence-electron chi connectivity index (χ4n) is 1.46. The lowest BCUT2D eigenvalue weighted by Crippen LogP contribution is -2.19. The highest BCUT2D eigenvalue weighted by atomic mass is 31.2. The SMILES string of the molecule is CCOC(=O)CC(C)OP(=O)(O)OC(C)CC(=O)OCC. The molecule has 21 heavy (non-hydrogen) atoms. The highest BCUT2D eigenvalue weighted by molar-refractivity contribution is 7.47. The molecule has 0 aliphatic heterocycles. The van der Waals surface area contributed by atoms with Gasteiger partial charge >= 0.3 is 19.8 Å². The van der Waals surface area contributed by atoms with E-state index in [2.05, 4.69) is 0 Å². The second-order valence-electron chi connectivity index (χ2n) is 4.32. The Hall–Kier alpha value is -0.950. The maximum atomic E-state index is 11.7. The first-order chi connectivity index (χ1) is 9.70. The van der Waals surface area contributed by atoms with Crippen molar-refractivity contribution in [1.29, 1.82) is 0 Å². The summed E-state index contributed by atoms with van der Waals surface area (Å²) >= 11 is 0. The highest BCUT2D eigenvalue weighted by Crippen LogP contribution is 2.46. The van der Waals surface area contributed by atoms with Gasteiger partial charge in [0.05, 0.1) is 38.3 Å². The van der Waals surface area contributed by atoms with Crippen LogP contribution in [-0.2, 0) is 32.7 Å². The first-order valence-corrected chi connectivity index (χ1v) is 8.20. The average Bonchev–Trinajstić information content (AvgIpc) is 2.26. The van der Waals surface area contributed by atoms with Gasteiger partial charge in [-0.15, -0.1) is 0 Å². The standard InChI is InChI=1S/C12H23O8P/c1-5-17-11(13)7-9(3)19-21(15,16)20-10(4)8-12(14)18-6-2/h9-10H,5-8H2,1-4H3,(H,15,16). The molecule has 0 fully saturated rings. The minimum Gasteiger partial charge on any atom is -0.466 e. The van der Waals surface area contributed by atoms with E-state index in [0.717, 1.165) is 0 Å². The Labute approximate surface area is 124 Å². The number of ether oxygens (including phenoxy) is 2. The van der Waals surface area contributed by atoms with Gasteiger partial charge in [-0.1, -0.05) is 0 Å². The van der Waals surface area contributed by atoms with Crippen molar-refractivity contribution in [1.82, 2.24) is 0 Å². The molecule has 0 aromatic rings. The molecule has 8 nitrogen and oxygen atoms in total. The van der Waals surface area contributed by atoms with Crippen molar-refractivity contribution in [3.63, 3.8) is 0 Å². The Balaban J connectivity index is 4.26. The molecular weight excluding hydrogens is 303 g/mol. The topological polar surface area (TPSA) is 108 Å². The first-order valence-electron chi connectivity index (χ1n) is 6.71. The summed E-state index contributed by atoms with van der Waals surface area (Å²) < 4.78 is 30.7. The van der Waals surface area contributed by atoms with Crippen LogP contribution in [-0.4, -0.2) is 42.3 Å². The van der Waals surface area contributed by atoms with Crippen molar-refractivity contribution in [2.24, 2.45) is 0 Å². The third-order valence-corrected chi connectivity index (χ3v) is 3.40. The summed E-state index contributed by atoms with van der Waals surface area (Å²) in [7, 11) is -4.37. The molecule has 0 aromatic carbocycles. The highest BCUT2D eigenvalue weighted by Gasteiger charge is 2.29. The van der Waals surface area contributed by atoms with Crippen LogP contribution in [0.5, 0.6) is 0 Å². The van der Waals surface area contributed by atoms with Gasteiger partial charge in [0.15, 0.2) is 0 Å². The van der Waals surface area contributed by atoms with Gasteiger partial charge in [0.2, 0.25) is 0 Å². The van der Waals surface area contributed by atoms with Crippen LogP contribution in [0.25, 0.3) is 0 Å². The normalized spacial score (nSPS) is 16.6. The molecule has 0 aromatic heterocycles. The van der Waals surface area contributed by atoms with E-state index in [1.165, 1.54) is 13.8 Å². The molecule has 0 saturated carbocycles. The molecule has 0 amide bonds. The zero-order valence-corrected chi connectivity index (χ0v) is 13.6. The van der Waals surface area contributed by atoms with Gasteiger partial charge in [0.1, 0.15) is 0 Å². The second kappa shape index (κ2) is 9.89. The summed E-state index contributed by atoms with van der Waals surface area (Å²) in [6.45, 7) is 6.63. The molecule has 2 atom stereocenters. The van der Waals surface area contributed by atoms with E-state index >= 15 is 0 Å². The summed E-state index contributed by atoms with van der Waals surface area (Å²) in [5.74, 6) is -1.07. The maximum absolute atomic E-state index is 11.7. The third-order valence-electron chi connectivity index (χ3n) is 2.15. The fraction of sp³-hybridized carbons (Fsp3) is 0.833. The molecule has 0 rings (SSSR count). The van der Waals surface area contributed by atoms with Crippen molar-refractivity contribution in [2.75, 3.05) is 13.2 Å². The van der Waals surface area contributed by atoms with Gasteiger partial charge in [-0.3, -0.25) is 18.6 Å². The molecule has 1 N–H and O–H groups in total. The minimum atomic E-state index is -4.37. The van der Waals surface area contributed by atoms with Crippen LogP contribution < -0.4 is 0 Å². The lowest BCUT2D eigenvalue weighted by molar-refractivity contribution is -0.145. The quantitative estimate of drug-likeness (QED) is 0.478. The predicted octanol–water partition coefficient (Wildman–Crippen LogP) is 1.80. The molecule has 0 bridgehead atoms. The molecule has 0 aliphatic carbocycles. The molecule has 124 valence electrons. The summed E-state index contributed by atoms with van der Waals surface area (Å²) in [6.07, 6.45) is -2.05. The van der Waals surface area contributed by atoms with Crippen LogP contribution in [0.4, 0.5) is 0 Å². The Morgan fingerprint density at radius 2 is 1.29 bits per heavy atom. The molecule has 2 unspecified atom stereocenters. The zero-order chi connectivity index (χ0) is 16.5. The van der Waals surface area contributed by atoms with Crippen LogP contribution in [0.2, 0.25) is 0 Å². The summed E-state index contributed by atoms with van der Waals surface area (Å²) in [4.78, 5) is 32.0. The fourth-order valence-corrected chi connectivity index (χ4v) is 2.57. The summed E-state index contributed by atoms with van der Waals surface area (Å²) in [6, 6.07) is 0. The van der Waals surface area contributed by atoms with Crippen LogP contribution in [0.1, 0.15) is 40.5 Å². The monoisotopic (exact) mass is 326 g/mol. The number of carbonyl (C=O) groups excluding carboxylic acids is 2. The van der Waals surface area contributed by atoms with Crippen molar-refractivity contribution in [2.45, 2.75) is 52.7 Å². The molecule has 9 heteroatoms. The van der Waals surface area contributed by atoms with Gasteiger partial charge in [-0.2, -0.15) is 0 Å². The van der Waals surface area contributed by atoms with Crippen molar-refractivity contribution >= 4 is 19.8 Å². The van der Waals surface area contributed by atoms with E-state index in [1.54, 1.807) is 13.8 Å². The number of hydrogen-bond acceptors (Lipinski definition) is 7. The molecular formula is C12H23O8P. The Kier molecular flexibility index (Phi) is 9.44. The summed E-state index contributed by atoms with van der Waals surface area (Å²) in [5.41, 5.74) is 0. The van der Waals surface area contributed by atoms with E-state index < -0.39 is 32.0 Å². The molecule has 0 heterocycles. The van der Waals surface area contributed by atoms with Crippen molar-refractivity contribution in [3.8, 4) is 0 Å². The maximum Gasteiger partial charge on any atom is 0.472 e. The van der Waals surface area contributed by atoms with Crippen LogP contribution in [0.15, 0.2) is 0 Å². The predicted molar refractivity (Wildman–Crippen MR) is 73.4 cm³/mol. The minimum absolute atomic E-state index is 0.173. The lowest BCUT2D eigenvalue weighted by atomic mass is 10.3. The summed E-state index contributed by atoms with van der Waals surface area (Å²) in [5, 5.41) is 0. The van der Waals surface area contributed by atoms with E-state index in [4.69, 9.17) is 18.5 Å². The van der Waals surface area contributed by atoms with Crippen molar-refractivity contribution < 1.29 is 37.6 Å². The Bertz CT molecular complexity index is 351. The number of phosphoric acid groups is 1. The second-order valence-corrected chi connectivity index (χ2v) is 5.68. The largest absolute Gasteiger partial charge is 0.472 e. The number of carbonyl (C=O) groups is 2. The van der Waals surface area contributed by atoms with Crippen LogP contribution in [0.3, 0.4) is 0 Å². The van der Waals surface area contributed by atoms with Gasteiger partial charge in [0.25, 0.3) is 0 Å².